The maximum absolute atomic E-state index is 12.9. The molecule has 8 heteroatoms. The zero-order valence-electron chi connectivity index (χ0n) is 23.6. The first-order valence-electron chi connectivity index (χ1n) is 12.9. The Bertz CT molecular complexity index is 1000. The Morgan fingerprint density at radius 3 is 2.03 bits per heavy atom. The highest BCUT2D eigenvalue weighted by atomic mass is 28.4. The zero-order chi connectivity index (χ0) is 27.9. The van der Waals surface area contributed by atoms with Gasteiger partial charge in [0, 0.05) is 12.4 Å². The molecule has 3 atom stereocenters. The van der Waals surface area contributed by atoms with Crippen LogP contribution < -0.4 is 5.32 Å². The van der Waals surface area contributed by atoms with E-state index in [2.05, 4.69) is 44.2 Å². The van der Waals surface area contributed by atoms with Gasteiger partial charge in [-0.25, -0.2) is 4.79 Å². The third-order valence-electron chi connectivity index (χ3n) is 6.80. The predicted octanol–water partition coefficient (Wildman–Crippen LogP) is 6.24. The number of aromatic nitrogens is 1. The number of carboxylic acids is 1. The summed E-state index contributed by atoms with van der Waals surface area (Å²) in [6, 6.07) is 13.0. The van der Waals surface area contributed by atoms with Crippen molar-refractivity contribution >= 4 is 20.4 Å². The highest BCUT2D eigenvalue weighted by Crippen LogP contribution is 2.39. The number of carbonyl (C=O) groups excluding carboxylic acids is 1. The van der Waals surface area contributed by atoms with Crippen molar-refractivity contribution in [2.45, 2.75) is 96.7 Å². The number of benzene rings is 1. The number of alkyl carbamates (subject to hydrolysis) is 1. The summed E-state index contributed by atoms with van der Waals surface area (Å²) in [4.78, 5) is 29.4. The summed E-state index contributed by atoms with van der Waals surface area (Å²) in [6.07, 6.45) is 3.34. The molecule has 1 aromatic heterocycles. The van der Waals surface area contributed by atoms with Crippen molar-refractivity contribution in [1.29, 1.82) is 0 Å². The van der Waals surface area contributed by atoms with Gasteiger partial charge in [-0.1, -0.05) is 51.1 Å². The molecule has 0 aliphatic heterocycles. The lowest BCUT2D eigenvalue weighted by atomic mass is 9.89. The van der Waals surface area contributed by atoms with Crippen LogP contribution in [0, 0.1) is 5.92 Å². The highest BCUT2D eigenvalue weighted by molar-refractivity contribution is 6.74. The van der Waals surface area contributed by atoms with E-state index < -0.39 is 44.0 Å². The number of hydrogen-bond donors (Lipinski definition) is 2. The number of carboxylic acid groups (broad SMARTS) is 1. The Morgan fingerprint density at radius 1 is 0.946 bits per heavy atom. The Labute approximate surface area is 223 Å². The summed E-state index contributed by atoms with van der Waals surface area (Å²) < 4.78 is 12.5. The van der Waals surface area contributed by atoms with Gasteiger partial charge in [0.25, 0.3) is 0 Å². The van der Waals surface area contributed by atoms with Gasteiger partial charge in [-0.05, 0) is 81.4 Å². The summed E-state index contributed by atoms with van der Waals surface area (Å²) in [5, 5.41) is 13.1. The first-order valence-corrected chi connectivity index (χ1v) is 15.8. The fourth-order valence-electron chi connectivity index (χ4n) is 3.81. The molecule has 0 fully saturated rings. The van der Waals surface area contributed by atoms with Crippen LogP contribution in [0.5, 0.6) is 0 Å². The Kier molecular flexibility index (Phi) is 10.5. The second-order valence-corrected chi connectivity index (χ2v) is 16.9. The molecule has 1 amide bonds. The smallest absolute Gasteiger partial charge is 0.407 e. The summed E-state index contributed by atoms with van der Waals surface area (Å²) in [5.74, 6) is -1.59. The van der Waals surface area contributed by atoms with E-state index in [1.807, 2.05) is 63.2 Å². The van der Waals surface area contributed by atoms with Crippen LogP contribution in [0.15, 0.2) is 54.9 Å². The van der Waals surface area contributed by atoms with E-state index in [4.69, 9.17) is 9.16 Å². The zero-order valence-corrected chi connectivity index (χ0v) is 24.6. The summed E-state index contributed by atoms with van der Waals surface area (Å²) in [7, 11) is -2.33. The summed E-state index contributed by atoms with van der Waals surface area (Å²) in [6.45, 7) is 16.2. The number of carbonyl (C=O) groups is 2. The van der Waals surface area contributed by atoms with Crippen molar-refractivity contribution in [3.63, 3.8) is 0 Å². The van der Waals surface area contributed by atoms with Crippen molar-refractivity contribution < 1.29 is 23.9 Å². The number of nitrogens with one attached hydrogen (secondary N) is 1. The van der Waals surface area contributed by atoms with Gasteiger partial charge >= 0.3 is 12.1 Å². The van der Waals surface area contributed by atoms with E-state index in [9.17, 15) is 14.7 Å². The van der Waals surface area contributed by atoms with Crippen LogP contribution in [-0.4, -0.2) is 48.2 Å². The molecular weight excluding hydrogens is 484 g/mol. The van der Waals surface area contributed by atoms with Gasteiger partial charge in [0.2, 0.25) is 0 Å². The largest absolute Gasteiger partial charge is 0.481 e. The maximum atomic E-state index is 12.9. The lowest BCUT2D eigenvalue weighted by molar-refractivity contribution is -0.142. The fourth-order valence-corrected chi connectivity index (χ4v) is 5.18. The minimum atomic E-state index is -2.33. The van der Waals surface area contributed by atoms with Crippen LogP contribution in [0.2, 0.25) is 18.1 Å². The van der Waals surface area contributed by atoms with Gasteiger partial charge in [-0.15, -0.1) is 0 Å². The van der Waals surface area contributed by atoms with E-state index in [-0.39, 0.29) is 11.5 Å². The van der Waals surface area contributed by atoms with E-state index >= 15 is 0 Å². The second kappa shape index (κ2) is 12.7. The lowest BCUT2D eigenvalue weighted by Crippen LogP contribution is -2.54. The van der Waals surface area contributed by atoms with Crippen molar-refractivity contribution in [1.82, 2.24) is 10.3 Å². The number of amides is 1. The van der Waals surface area contributed by atoms with Crippen molar-refractivity contribution in [2.75, 3.05) is 0 Å². The van der Waals surface area contributed by atoms with Crippen LogP contribution in [-0.2, 0) is 26.8 Å². The van der Waals surface area contributed by atoms with Gasteiger partial charge in [0.05, 0.1) is 18.1 Å². The molecular formula is C29H44N2O5Si. The molecule has 37 heavy (non-hydrogen) atoms. The molecule has 0 aliphatic carbocycles. The quantitative estimate of drug-likeness (QED) is 0.335. The van der Waals surface area contributed by atoms with Crippen LogP contribution in [0.4, 0.5) is 4.79 Å². The summed E-state index contributed by atoms with van der Waals surface area (Å²) in [5.41, 5.74) is 1.25. The predicted molar refractivity (Wildman–Crippen MR) is 149 cm³/mol. The molecule has 2 N–H and O–H groups in total. The minimum absolute atomic E-state index is 0.0989. The fraction of sp³-hybridized carbons (Fsp3) is 0.552. The molecule has 0 aliphatic rings. The maximum Gasteiger partial charge on any atom is 0.407 e. The number of pyridine rings is 1. The van der Waals surface area contributed by atoms with Crippen LogP contribution >= 0.6 is 0 Å². The van der Waals surface area contributed by atoms with Crippen LogP contribution in [0.25, 0.3) is 0 Å². The molecule has 0 saturated heterocycles. The lowest BCUT2D eigenvalue weighted by Gasteiger charge is -2.42. The molecule has 0 radical (unpaired) electrons. The SMILES string of the molecule is CC(C)(C)OC(=O)N[C@@H](Cc1ccccc1)[C@H](CC(Cc1ccncc1)C(=O)O)O[Si](C)(C)C(C)(C)C. The third-order valence-corrected chi connectivity index (χ3v) is 11.3. The van der Waals surface area contributed by atoms with E-state index in [1.165, 1.54) is 0 Å². The van der Waals surface area contributed by atoms with Gasteiger partial charge in [-0.3, -0.25) is 9.78 Å². The van der Waals surface area contributed by atoms with E-state index in [1.54, 1.807) is 12.4 Å². The van der Waals surface area contributed by atoms with Gasteiger partial charge < -0.3 is 19.6 Å². The number of ether oxygens (including phenoxy) is 1. The molecule has 1 heterocycles. The number of hydrogen-bond acceptors (Lipinski definition) is 5. The molecule has 2 aromatic rings. The van der Waals surface area contributed by atoms with Gasteiger partial charge in [0.1, 0.15) is 5.60 Å². The van der Waals surface area contributed by atoms with Gasteiger partial charge in [0.15, 0.2) is 8.32 Å². The van der Waals surface area contributed by atoms with E-state index in [0.717, 1.165) is 11.1 Å². The average Bonchev–Trinajstić information content (AvgIpc) is 2.77. The Hall–Kier alpha value is -2.71. The van der Waals surface area contributed by atoms with Crippen LogP contribution in [0.1, 0.15) is 59.1 Å². The minimum Gasteiger partial charge on any atom is -0.481 e. The third kappa shape index (κ3) is 10.3. The molecule has 7 nitrogen and oxygen atoms in total. The standard InChI is InChI=1S/C29H44N2O5Si/c1-28(2,3)35-27(34)31-24(19-21-12-10-9-11-13-21)25(36-37(7,8)29(4,5)6)20-23(26(32)33)18-22-14-16-30-17-15-22/h9-17,23-25H,18-20H2,1-8H3,(H,31,34)(H,32,33)/t23?,24-,25-/m0/s1. The normalized spacial score (nSPS) is 14.9. The Morgan fingerprint density at radius 2 is 1.51 bits per heavy atom. The molecule has 2 rings (SSSR count). The van der Waals surface area contributed by atoms with Crippen LogP contribution in [0.3, 0.4) is 0 Å². The Balaban J connectivity index is 2.46. The van der Waals surface area contributed by atoms with Crippen molar-refractivity contribution in [2.24, 2.45) is 5.92 Å². The van der Waals surface area contributed by atoms with Crippen molar-refractivity contribution in [3.8, 4) is 0 Å². The monoisotopic (exact) mass is 528 g/mol. The molecule has 1 unspecified atom stereocenters. The molecule has 0 spiro atoms. The highest BCUT2D eigenvalue weighted by Gasteiger charge is 2.42. The molecule has 204 valence electrons. The first-order chi connectivity index (χ1) is 17.1. The topological polar surface area (TPSA) is 97.8 Å². The first kappa shape index (κ1) is 30.5. The van der Waals surface area contributed by atoms with E-state index in [0.29, 0.717) is 12.8 Å². The number of aliphatic carboxylic acids is 1. The molecule has 0 bridgehead atoms. The number of rotatable bonds is 11. The number of nitrogens with zero attached hydrogens (tertiary/aromatic N) is 1. The average molecular weight is 529 g/mol. The molecule has 1 aromatic carbocycles. The second-order valence-electron chi connectivity index (χ2n) is 12.2. The van der Waals surface area contributed by atoms with Gasteiger partial charge in [-0.2, -0.15) is 0 Å². The summed E-state index contributed by atoms with van der Waals surface area (Å²) >= 11 is 0. The molecule has 0 saturated carbocycles. The van der Waals surface area contributed by atoms with Crippen molar-refractivity contribution in [3.05, 3.63) is 66.0 Å².